The average Bonchev–Trinajstić information content (AvgIpc) is 3.35. The van der Waals surface area contributed by atoms with Crippen LogP contribution in [0.25, 0.3) is 27.7 Å². The van der Waals surface area contributed by atoms with E-state index in [0.717, 1.165) is 0 Å². The number of fused-ring (bicyclic) bond motifs is 1. The van der Waals surface area contributed by atoms with Gasteiger partial charge in [0.2, 0.25) is 5.91 Å². The molecule has 0 aliphatic heterocycles. The number of primary amides is 1. The molecule has 0 aliphatic rings. The van der Waals surface area contributed by atoms with Crippen molar-refractivity contribution >= 4 is 28.4 Å². The third kappa shape index (κ3) is 4.05. The van der Waals surface area contributed by atoms with E-state index >= 15 is 4.39 Å². The highest BCUT2D eigenvalue weighted by atomic mass is 19.1. The van der Waals surface area contributed by atoms with Crippen molar-refractivity contribution in [3.63, 3.8) is 0 Å². The van der Waals surface area contributed by atoms with E-state index in [1.807, 2.05) is 0 Å². The molecule has 0 saturated carbocycles. The van der Waals surface area contributed by atoms with Crippen LogP contribution in [0.4, 0.5) is 10.1 Å². The van der Waals surface area contributed by atoms with Crippen molar-refractivity contribution in [1.29, 1.82) is 0 Å². The second kappa shape index (κ2) is 8.86. The molecule has 0 fully saturated rings. The molecular formula is C26H22FN7O3. The van der Waals surface area contributed by atoms with E-state index in [9.17, 15) is 14.4 Å². The molecule has 5 rings (SSSR count). The predicted octanol–water partition coefficient (Wildman–Crippen LogP) is 2.92. The van der Waals surface area contributed by atoms with Gasteiger partial charge in [-0.1, -0.05) is 18.2 Å². The van der Waals surface area contributed by atoms with Crippen molar-refractivity contribution in [2.75, 3.05) is 5.32 Å². The van der Waals surface area contributed by atoms with Gasteiger partial charge < -0.3 is 11.1 Å². The van der Waals surface area contributed by atoms with Gasteiger partial charge in [0, 0.05) is 30.9 Å². The highest BCUT2D eigenvalue weighted by Crippen LogP contribution is 2.31. The first-order valence-corrected chi connectivity index (χ1v) is 11.3. The highest BCUT2D eigenvalue weighted by molar-refractivity contribution is 6.12. The van der Waals surface area contributed by atoms with Crippen LogP contribution in [0, 0.1) is 12.7 Å². The summed E-state index contributed by atoms with van der Waals surface area (Å²) in [6.45, 7) is 1.72. The van der Waals surface area contributed by atoms with E-state index in [1.165, 1.54) is 26.1 Å². The zero-order valence-corrected chi connectivity index (χ0v) is 20.2. The molecule has 0 unspecified atom stereocenters. The lowest BCUT2D eigenvalue weighted by atomic mass is 10.0. The molecule has 2 amide bonds. The predicted molar refractivity (Wildman–Crippen MR) is 136 cm³/mol. The fourth-order valence-electron chi connectivity index (χ4n) is 4.31. The third-order valence-corrected chi connectivity index (χ3v) is 6.10. The van der Waals surface area contributed by atoms with Crippen LogP contribution in [0.15, 0.2) is 65.5 Å². The number of carbonyl (C=O) groups is 2. The van der Waals surface area contributed by atoms with Gasteiger partial charge in [0.25, 0.3) is 5.91 Å². The Morgan fingerprint density at radius 1 is 0.973 bits per heavy atom. The number of aryl methyl sites for hydroxylation is 3. The molecule has 3 aromatic carbocycles. The average molecular weight is 500 g/mol. The Kier molecular flexibility index (Phi) is 5.67. The zero-order valence-electron chi connectivity index (χ0n) is 20.2. The van der Waals surface area contributed by atoms with Crippen LogP contribution >= 0.6 is 0 Å². The molecule has 0 aliphatic carbocycles. The minimum absolute atomic E-state index is 0.0620. The van der Waals surface area contributed by atoms with Gasteiger partial charge in [-0.25, -0.2) is 18.4 Å². The van der Waals surface area contributed by atoms with Crippen molar-refractivity contribution in [2.45, 2.75) is 6.92 Å². The maximum atomic E-state index is 15.9. The van der Waals surface area contributed by atoms with Crippen LogP contribution in [0.5, 0.6) is 0 Å². The maximum Gasteiger partial charge on any atom is 0.350 e. The Balaban J connectivity index is 1.53. The van der Waals surface area contributed by atoms with E-state index in [2.05, 4.69) is 15.5 Å². The number of aromatic nitrogens is 5. The number of nitrogens with zero attached hydrogens (tertiary/aromatic N) is 5. The van der Waals surface area contributed by atoms with Crippen LogP contribution in [-0.4, -0.2) is 35.9 Å². The number of nitrogens with one attached hydrogen (secondary N) is 1. The summed E-state index contributed by atoms with van der Waals surface area (Å²) in [5.74, 6) is -1.35. The minimum atomic E-state index is -0.635. The standard InChI is InChI=1S/C26H22FN7O3/c1-14-30-33(3)26(37)34(14)18-9-7-15(8-10-18)19-11-12-20-21(22(19)27)23(31-32(20)2)25(36)29-17-6-4-5-16(13-17)24(28)35/h4-13H,1-3H3,(H2,28,35)(H,29,36). The number of hydrogen-bond acceptors (Lipinski definition) is 5. The molecule has 0 saturated heterocycles. The monoisotopic (exact) mass is 499 g/mol. The Labute approximate surface area is 209 Å². The molecule has 0 spiro atoms. The lowest BCUT2D eigenvalue weighted by Crippen LogP contribution is -2.21. The van der Waals surface area contributed by atoms with Gasteiger partial charge in [0.15, 0.2) is 5.69 Å². The number of benzene rings is 3. The molecule has 0 atom stereocenters. The third-order valence-electron chi connectivity index (χ3n) is 6.10. The SMILES string of the molecule is Cc1nn(C)c(=O)n1-c1ccc(-c2ccc3c(c(C(=O)Nc4cccc(C(N)=O)c4)nn3C)c2F)cc1. The first kappa shape index (κ1) is 23.7. The molecule has 186 valence electrons. The summed E-state index contributed by atoms with van der Waals surface area (Å²) in [7, 11) is 3.19. The summed E-state index contributed by atoms with van der Waals surface area (Å²) in [6.07, 6.45) is 0. The van der Waals surface area contributed by atoms with Crippen molar-refractivity contribution in [1.82, 2.24) is 24.1 Å². The van der Waals surface area contributed by atoms with Gasteiger partial charge in [-0.3, -0.25) is 14.3 Å². The fourth-order valence-corrected chi connectivity index (χ4v) is 4.31. The number of nitrogens with two attached hydrogens (primary N) is 1. The molecule has 3 N–H and O–H groups in total. The number of hydrogen-bond donors (Lipinski definition) is 2. The second-order valence-corrected chi connectivity index (χ2v) is 8.53. The van der Waals surface area contributed by atoms with Crippen LogP contribution in [0.1, 0.15) is 26.7 Å². The lowest BCUT2D eigenvalue weighted by molar-refractivity contribution is 0.0995. The van der Waals surface area contributed by atoms with E-state index < -0.39 is 17.6 Å². The normalized spacial score (nSPS) is 11.1. The maximum absolute atomic E-state index is 15.9. The topological polar surface area (TPSA) is 130 Å². The number of anilines is 1. The van der Waals surface area contributed by atoms with Crippen LogP contribution < -0.4 is 16.7 Å². The number of rotatable bonds is 5. The molecule has 2 heterocycles. The smallest absolute Gasteiger partial charge is 0.350 e. The van der Waals surface area contributed by atoms with Gasteiger partial charge in [-0.2, -0.15) is 10.2 Å². The van der Waals surface area contributed by atoms with Gasteiger partial charge in [-0.15, -0.1) is 0 Å². The van der Waals surface area contributed by atoms with Crippen LogP contribution in [-0.2, 0) is 14.1 Å². The summed E-state index contributed by atoms with van der Waals surface area (Å²) in [6, 6.07) is 16.2. The fraction of sp³-hybridized carbons (Fsp3) is 0.115. The van der Waals surface area contributed by atoms with Gasteiger partial charge in [-0.05, 0) is 55.0 Å². The van der Waals surface area contributed by atoms with E-state index in [0.29, 0.717) is 28.3 Å². The van der Waals surface area contributed by atoms with E-state index in [1.54, 1.807) is 69.6 Å². The van der Waals surface area contributed by atoms with E-state index in [-0.39, 0.29) is 27.9 Å². The van der Waals surface area contributed by atoms with Crippen LogP contribution in [0.3, 0.4) is 0 Å². The molecule has 37 heavy (non-hydrogen) atoms. The largest absolute Gasteiger partial charge is 0.366 e. The van der Waals surface area contributed by atoms with Crippen molar-refractivity contribution in [3.05, 3.63) is 94.0 Å². The first-order chi connectivity index (χ1) is 17.7. The Bertz CT molecular complexity index is 1760. The molecule has 11 heteroatoms. The highest BCUT2D eigenvalue weighted by Gasteiger charge is 2.22. The molecule has 2 aromatic heterocycles. The zero-order chi connectivity index (χ0) is 26.4. The van der Waals surface area contributed by atoms with E-state index in [4.69, 9.17) is 5.73 Å². The number of carbonyl (C=O) groups excluding carboxylic acids is 2. The minimum Gasteiger partial charge on any atom is -0.366 e. The summed E-state index contributed by atoms with van der Waals surface area (Å²) >= 11 is 0. The van der Waals surface area contributed by atoms with Gasteiger partial charge in [0.1, 0.15) is 11.6 Å². The van der Waals surface area contributed by atoms with Gasteiger partial charge in [0.05, 0.1) is 16.6 Å². The molecule has 10 nitrogen and oxygen atoms in total. The molecule has 0 radical (unpaired) electrons. The summed E-state index contributed by atoms with van der Waals surface area (Å²) in [5, 5.41) is 11.1. The second-order valence-electron chi connectivity index (χ2n) is 8.53. The Hall–Kier alpha value is -5.06. The van der Waals surface area contributed by atoms with Crippen LogP contribution in [0.2, 0.25) is 0 Å². The van der Waals surface area contributed by atoms with Crippen molar-refractivity contribution < 1.29 is 14.0 Å². The van der Waals surface area contributed by atoms with Crippen molar-refractivity contribution in [2.24, 2.45) is 19.8 Å². The number of halogens is 1. The Morgan fingerprint density at radius 2 is 1.70 bits per heavy atom. The summed E-state index contributed by atoms with van der Waals surface area (Å²) in [5.41, 5.74) is 7.34. The lowest BCUT2D eigenvalue weighted by Gasteiger charge is -2.09. The van der Waals surface area contributed by atoms with Gasteiger partial charge >= 0.3 is 5.69 Å². The molecule has 5 aromatic rings. The number of amides is 2. The Morgan fingerprint density at radius 3 is 2.35 bits per heavy atom. The first-order valence-electron chi connectivity index (χ1n) is 11.3. The molecule has 0 bridgehead atoms. The quantitative estimate of drug-likeness (QED) is 0.384. The molecular weight excluding hydrogens is 477 g/mol. The summed E-state index contributed by atoms with van der Waals surface area (Å²) < 4.78 is 20.0. The summed E-state index contributed by atoms with van der Waals surface area (Å²) in [4.78, 5) is 36.9. The van der Waals surface area contributed by atoms with Crippen molar-refractivity contribution in [3.8, 4) is 16.8 Å².